The van der Waals surface area contributed by atoms with E-state index in [1.165, 1.54) is 19.3 Å². The molecule has 2 atom stereocenters. The van der Waals surface area contributed by atoms with E-state index in [2.05, 4.69) is 17.0 Å². The molecule has 0 bridgehead atoms. The number of oxime groups is 1. The zero-order valence-corrected chi connectivity index (χ0v) is 8.40. The van der Waals surface area contributed by atoms with Crippen molar-refractivity contribution in [1.29, 1.82) is 0 Å². The molecule has 0 saturated carbocycles. The molecule has 2 unspecified atom stereocenters. The maximum absolute atomic E-state index is 8.56. The second kappa shape index (κ2) is 4.46. The lowest BCUT2D eigenvalue weighted by Gasteiger charge is -2.37. The highest BCUT2D eigenvalue weighted by Crippen LogP contribution is 2.18. The Morgan fingerprint density at radius 1 is 1.62 bits per heavy atom. The Labute approximate surface area is 79.4 Å². The van der Waals surface area contributed by atoms with Gasteiger partial charge in [0.15, 0.2) is 5.84 Å². The lowest BCUT2D eigenvalue weighted by molar-refractivity contribution is 0.142. The second-order valence-corrected chi connectivity index (χ2v) is 3.78. The summed E-state index contributed by atoms with van der Waals surface area (Å²) in [6.45, 7) is 5.23. The lowest BCUT2D eigenvalue weighted by atomic mass is 10.0. The third kappa shape index (κ3) is 2.34. The van der Waals surface area contributed by atoms with E-state index < -0.39 is 0 Å². The summed E-state index contributed by atoms with van der Waals surface area (Å²) in [5.41, 5.74) is 5.57. The van der Waals surface area contributed by atoms with Crippen molar-refractivity contribution < 1.29 is 5.21 Å². The zero-order valence-electron chi connectivity index (χ0n) is 8.40. The van der Waals surface area contributed by atoms with Crippen LogP contribution in [0.3, 0.4) is 0 Å². The van der Waals surface area contributed by atoms with Crippen molar-refractivity contribution in [2.45, 2.75) is 45.2 Å². The Morgan fingerprint density at radius 2 is 2.31 bits per heavy atom. The Morgan fingerprint density at radius 3 is 2.85 bits per heavy atom. The third-order valence-corrected chi connectivity index (χ3v) is 2.90. The summed E-state index contributed by atoms with van der Waals surface area (Å²) in [4.78, 5) is 2.29. The molecule has 1 aliphatic rings. The van der Waals surface area contributed by atoms with E-state index in [0.717, 1.165) is 6.54 Å². The molecular weight excluding hydrogens is 166 g/mol. The van der Waals surface area contributed by atoms with Gasteiger partial charge in [-0.25, -0.2) is 0 Å². The molecular formula is C9H19N3O. The van der Waals surface area contributed by atoms with E-state index in [0.29, 0.717) is 11.9 Å². The van der Waals surface area contributed by atoms with Gasteiger partial charge in [0.2, 0.25) is 0 Å². The van der Waals surface area contributed by atoms with Gasteiger partial charge in [0.25, 0.3) is 0 Å². The third-order valence-electron chi connectivity index (χ3n) is 2.90. The number of hydrogen-bond acceptors (Lipinski definition) is 3. The first-order chi connectivity index (χ1) is 6.16. The minimum Gasteiger partial charge on any atom is -0.409 e. The Balaban J connectivity index is 2.58. The molecule has 4 heteroatoms. The van der Waals surface area contributed by atoms with Gasteiger partial charge in [-0.1, -0.05) is 11.6 Å². The summed E-state index contributed by atoms with van der Waals surface area (Å²) in [5.74, 6) is 0.314. The highest BCUT2D eigenvalue weighted by Gasteiger charge is 2.25. The molecule has 1 heterocycles. The van der Waals surface area contributed by atoms with E-state index in [9.17, 15) is 0 Å². The summed E-state index contributed by atoms with van der Waals surface area (Å²) >= 11 is 0. The van der Waals surface area contributed by atoms with Gasteiger partial charge in [-0.05, 0) is 33.2 Å². The summed E-state index contributed by atoms with van der Waals surface area (Å²) in [7, 11) is 0. The highest BCUT2D eigenvalue weighted by atomic mass is 16.4. The standard InChI is InChI=1S/C9H19N3O/c1-7-5-3-4-6-12(7)8(2)9(10)11-13/h7-8,13H,3-6H2,1-2H3,(H2,10,11). The molecule has 1 aliphatic heterocycles. The van der Waals surface area contributed by atoms with Gasteiger partial charge >= 0.3 is 0 Å². The van der Waals surface area contributed by atoms with E-state index in [4.69, 9.17) is 10.9 Å². The SMILES string of the molecule is CC1CCCCN1C(C)C(N)=NO. The van der Waals surface area contributed by atoms with Crippen LogP contribution in [-0.4, -0.2) is 34.6 Å². The molecule has 0 aromatic heterocycles. The zero-order chi connectivity index (χ0) is 9.84. The molecule has 3 N–H and O–H groups in total. The molecule has 1 saturated heterocycles. The smallest absolute Gasteiger partial charge is 0.156 e. The van der Waals surface area contributed by atoms with Crippen molar-refractivity contribution in [1.82, 2.24) is 4.90 Å². The van der Waals surface area contributed by atoms with Gasteiger partial charge in [-0.3, -0.25) is 4.90 Å². The summed E-state index contributed by atoms with van der Waals surface area (Å²) in [6, 6.07) is 0.601. The van der Waals surface area contributed by atoms with E-state index >= 15 is 0 Å². The summed E-state index contributed by atoms with van der Waals surface area (Å²) in [5, 5.41) is 11.6. The minimum atomic E-state index is 0.0558. The van der Waals surface area contributed by atoms with Crippen molar-refractivity contribution in [2.24, 2.45) is 10.9 Å². The second-order valence-electron chi connectivity index (χ2n) is 3.78. The molecule has 1 rings (SSSR count). The molecule has 13 heavy (non-hydrogen) atoms. The van der Waals surface area contributed by atoms with Crippen LogP contribution in [0.15, 0.2) is 5.16 Å². The number of nitrogens with zero attached hydrogens (tertiary/aromatic N) is 2. The quantitative estimate of drug-likeness (QED) is 0.292. The van der Waals surface area contributed by atoms with Crippen LogP contribution in [0.25, 0.3) is 0 Å². The molecule has 0 spiro atoms. The van der Waals surface area contributed by atoms with E-state index in [-0.39, 0.29) is 6.04 Å². The van der Waals surface area contributed by atoms with Crippen molar-refractivity contribution in [3.63, 3.8) is 0 Å². The van der Waals surface area contributed by atoms with Gasteiger partial charge in [0, 0.05) is 6.04 Å². The minimum absolute atomic E-state index is 0.0558. The molecule has 0 aromatic rings. The maximum atomic E-state index is 8.56. The van der Waals surface area contributed by atoms with Crippen LogP contribution in [0.2, 0.25) is 0 Å². The summed E-state index contributed by atoms with van der Waals surface area (Å²) in [6.07, 6.45) is 3.72. The van der Waals surface area contributed by atoms with Gasteiger partial charge in [0.1, 0.15) is 0 Å². The van der Waals surface area contributed by atoms with Gasteiger partial charge < -0.3 is 10.9 Å². The van der Waals surface area contributed by atoms with Gasteiger partial charge in [-0.15, -0.1) is 0 Å². The van der Waals surface area contributed by atoms with Crippen LogP contribution in [0, 0.1) is 0 Å². The van der Waals surface area contributed by atoms with E-state index in [1.807, 2.05) is 6.92 Å². The first-order valence-corrected chi connectivity index (χ1v) is 4.90. The number of amidine groups is 1. The van der Waals surface area contributed by atoms with Crippen LogP contribution < -0.4 is 5.73 Å². The molecule has 1 fully saturated rings. The molecule has 0 aliphatic carbocycles. The number of piperidine rings is 1. The highest BCUT2D eigenvalue weighted by molar-refractivity contribution is 5.84. The predicted octanol–water partition coefficient (Wildman–Crippen LogP) is 0.996. The number of hydrogen-bond donors (Lipinski definition) is 2. The first-order valence-electron chi connectivity index (χ1n) is 4.90. The van der Waals surface area contributed by atoms with Crippen LogP contribution in [0.5, 0.6) is 0 Å². The maximum Gasteiger partial charge on any atom is 0.156 e. The topological polar surface area (TPSA) is 61.8 Å². The fourth-order valence-electron chi connectivity index (χ4n) is 1.95. The van der Waals surface area contributed by atoms with Crippen molar-refractivity contribution in [2.75, 3.05) is 6.54 Å². The van der Waals surface area contributed by atoms with Crippen molar-refractivity contribution in [3.8, 4) is 0 Å². The lowest BCUT2D eigenvalue weighted by Crippen LogP contribution is -2.49. The van der Waals surface area contributed by atoms with Crippen molar-refractivity contribution in [3.05, 3.63) is 0 Å². The molecule has 76 valence electrons. The summed E-state index contributed by atoms with van der Waals surface area (Å²) < 4.78 is 0. The predicted molar refractivity (Wildman–Crippen MR) is 52.9 cm³/mol. The van der Waals surface area contributed by atoms with Crippen molar-refractivity contribution >= 4 is 5.84 Å². The molecule has 0 radical (unpaired) electrons. The fourth-order valence-corrected chi connectivity index (χ4v) is 1.95. The monoisotopic (exact) mass is 185 g/mol. The average Bonchev–Trinajstić information content (AvgIpc) is 2.16. The number of rotatable bonds is 2. The molecule has 4 nitrogen and oxygen atoms in total. The number of nitrogens with two attached hydrogens (primary N) is 1. The van der Waals surface area contributed by atoms with Gasteiger partial charge in [-0.2, -0.15) is 0 Å². The van der Waals surface area contributed by atoms with Crippen LogP contribution in [0.1, 0.15) is 33.1 Å². The molecule has 0 aromatic carbocycles. The normalized spacial score (nSPS) is 28.8. The Hall–Kier alpha value is -0.770. The Bertz CT molecular complexity index is 193. The molecule has 0 amide bonds. The van der Waals surface area contributed by atoms with Crippen LogP contribution in [-0.2, 0) is 0 Å². The van der Waals surface area contributed by atoms with Crippen LogP contribution >= 0.6 is 0 Å². The van der Waals surface area contributed by atoms with E-state index in [1.54, 1.807) is 0 Å². The Kier molecular flexibility index (Phi) is 3.54. The first kappa shape index (κ1) is 10.3. The largest absolute Gasteiger partial charge is 0.409 e. The average molecular weight is 185 g/mol. The fraction of sp³-hybridized carbons (Fsp3) is 0.889. The van der Waals surface area contributed by atoms with Crippen LogP contribution in [0.4, 0.5) is 0 Å². The number of likely N-dealkylation sites (tertiary alicyclic amines) is 1. The van der Waals surface area contributed by atoms with Gasteiger partial charge in [0.05, 0.1) is 6.04 Å².